The van der Waals surface area contributed by atoms with Gasteiger partial charge in [0.15, 0.2) is 5.58 Å². The van der Waals surface area contributed by atoms with Gasteiger partial charge in [0.2, 0.25) is 5.89 Å². The van der Waals surface area contributed by atoms with E-state index in [0.29, 0.717) is 5.89 Å². The minimum absolute atomic E-state index is 0.0163. The van der Waals surface area contributed by atoms with Crippen molar-refractivity contribution in [2.75, 3.05) is 0 Å². The number of fused-ring (bicyclic) bond motifs is 1. The molecule has 1 heterocycles. The van der Waals surface area contributed by atoms with Crippen LogP contribution < -0.4 is 0 Å². The molecule has 4 heteroatoms. The van der Waals surface area contributed by atoms with E-state index in [4.69, 9.17) is 4.42 Å². The van der Waals surface area contributed by atoms with Crippen LogP contribution in [0.4, 0.5) is 0 Å². The van der Waals surface area contributed by atoms with E-state index in [1.807, 2.05) is 24.3 Å². The zero-order valence-corrected chi connectivity index (χ0v) is 9.17. The van der Waals surface area contributed by atoms with Crippen molar-refractivity contribution in [3.63, 3.8) is 0 Å². The molecule has 0 atom stereocenters. The van der Waals surface area contributed by atoms with Crippen LogP contribution in [-0.4, -0.2) is 4.98 Å². The van der Waals surface area contributed by atoms with Crippen LogP contribution in [0.5, 0.6) is 0 Å². The molecule has 0 fully saturated rings. The molecule has 62 valence electrons. The number of hydrogen-bond donors (Lipinski definition) is 0. The van der Waals surface area contributed by atoms with Crippen LogP contribution >= 0.6 is 31.9 Å². The molecule has 0 spiro atoms. The van der Waals surface area contributed by atoms with E-state index in [1.165, 1.54) is 0 Å². The molecule has 0 aliphatic heterocycles. The molecule has 0 N–H and O–H groups in total. The molecule has 0 aliphatic rings. The summed E-state index contributed by atoms with van der Waals surface area (Å²) < 4.78 is 5.41. The first-order valence-corrected chi connectivity index (χ1v) is 5.24. The van der Waals surface area contributed by atoms with Crippen LogP contribution in [0.25, 0.3) is 11.1 Å². The highest BCUT2D eigenvalue weighted by Gasteiger charge is 2.10. The first-order valence-electron chi connectivity index (χ1n) is 3.41. The van der Waals surface area contributed by atoms with Crippen molar-refractivity contribution in [2.45, 2.75) is 3.74 Å². The number of halogens is 2. The number of alkyl halides is 2. The first kappa shape index (κ1) is 8.26. The minimum Gasteiger partial charge on any atom is -0.439 e. The summed E-state index contributed by atoms with van der Waals surface area (Å²) in [6.07, 6.45) is 0. The highest BCUT2D eigenvalue weighted by atomic mass is 79.9. The minimum atomic E-state index is -0.0163. The SMILES string of the molecule is BrC(Br)c1nc2ccccc2o1. The van der Waals surface area contributed by atoms with Crippen molar-refractivity contribution in [2.24, 2.45) is 0 Å². The molecule has 2 rings (SSSR count). The third-order valence-electron chi connectivity index (χ3n) is 1.50. The monoisotopic (exact) mass is 289 g/mol. The zero-order valence-electron chi connectivity index (χ0n) is 6.00. The lowest BCUT2D eigenvalue weighted by atomic mass is 10.3. The van der Waals surface area contributed by atoms with Gasteiger partial charge in [-0.2, -0.15) is 0 Å². The number of para-hydroxylation sites is 2. The molecule has 0 unspecified atom stereocenters. The van der Waals surface area contributed by atoms with Gasteiger partial charge in [-0.3, -0.25) is 0 Å². The molecule has 12 heavy (non-hydrogen) atoms. The van der Waals surface area contributed by atoms with Crippen molar-refractivity contribution in [3.8, 4) is 0 Å². The maximum atomic E-state index is 5.42. The van der Waals surface area contributed by atoms with Crippen LogP contribution in [0.3, 0.4) is 0 Å². The smallest absolute Gasteiger partial charge is 0.220 e. The Balaban J connectivity index is 2.62. The van der Waals surface area contributed by atoms with Crippen LogP contribution in [0.1, 0.15) is 9.63 Å². The Morgan fingerprint density at radius 1 is 1.25 bits per heavy atom. The molecule has 2 nitrogen and oxygen atoms in total. The standard InChI is InChI=1S/C8H5Br2NO/c9-7(10)8-11-5-3-1-2-4-6(5)12-8/h1-4,7H. The number of benzene rings is 1. The van der Waals surface area contributed by atoms with Gasteiger partial charge in [0.25, 0.3) is 0 Å². The summed E-state index contributed by atoms with van der Waals surface area (Å²) in [5.41, 5.74) is 1.70. The molecule has 1 aromatic carbocycles. The van der Waals surface area contributed by atoms with Crippen molar-refractivity contribution in [1.82, 2.24) is 4.98 Å². The lowest BCUT2D eigenvalue weighted by Crippen LogP contribution is -1.76. The Morgan fingerprint density at radius 3 is 2.67 bits per heavy atom. The van der Waals surface area contributed by atoms with E-state index in [9.17, 15) is 0 Å². The number of nitrogens with zero attached hydrogens (tertiary/aromatic N) is 1. The van der Waals surface area contributed by atoms with Gasteiger partial charge in [-0.1, -0.05) is 44.0 Å². The lowest BCUT2D eigenvalue weighted by Gasteiger charge is -1.89. The second kappa shape index (κ2) is 3.18. The summed E-state index contributed by atoms with van der Waals surface area (Å²) in [6.45, 7) is 0. The second-order valence-corrected chi connectivity index (χ2v) is 5.38. The lowest BCUT2D eigenvalue weighted by molar-refractivity contribution is 0.556. The maximum Gasteiger partial charge on any atom is 0.220 e. The van der Waals surface area contributed by atoms with Crippen LogP contribution in [0, 0.1) is 0 Å². The molecule has 0 amide bonds. The number of oxazole rings is 1. The Hall–Kier alpha value is -0.350. The fourth-order valence-electron chi connectivity index (χ4n) is 0.983. The Morgan fingerprint density at radius 2 is 2.00 bits per heavy atom. The quantitative estimate of drug-likeness (QED) is 0.750. The highest BCUT2D eigenvalue weighted by molar-refractivity contribution is 9.24. The van der Waals surface area contributed by atoms with Crippen molar-refractivity contribution in [3.05, 3.63) is 30.2 Å². The summed E-state index contributed by atoms with van der Waals surface area (Å²) in [7, 11) is 0. The molecule has 0 bridgehead atoms. The topological polar surface area (TPSA) is 26.0 Å². The number of rotatable bonds is 1. The van der Waals surface area contributed by atoms with Crippen molar-refractivity contribution >= 4 is 43.0 Å². The van der Waals surface area contributed by atoms with Gasteiger partial charge < -0.3 is 4.42 Å². The third-order valence-corrected chi connectivity index (χ3v) is 2.28. The summed E-state index contributed by atoms with van der Waals surface area (Å²) >= 11 is 6.64. The fourth-order valence-corrected chi connectivity index (χ4v) is 1.38. The average Bonchev–Trinajstić information content (AvgIpc) is 2.46. The molecule has 0 aliphatic carbocycles. The molecule has 0 radical (unpaired) electrons. The maximum absolute atomic E-state index is 5.42. The molecule has 1 aromatic heterocycles. The number of aromatic nitrogens is 1. The molecular formula is C8H5Br2NO. The van der Waals surface area contributed by atoms with Gasteiger partial charge in [0.1, 0.15) is 9.25 Å². The Kier molecular flexibility index (Phi) is 2.19. The van der Waals surface area contributed by atoms with Gasteiger partial charge in [-0.25, -0.2) is 4.98 Å². The highest BCUT2D eigenvalue weighted by Crippen LogP contribution is 2.30. The van der Waals surface area contributed by atoms with Gasteiger partial charge in [0, 0.05) is 0 Å². The zero-order chi connectivity index (χ0) is 8.55. The van der Waals surface area contributed by atoms with E-state index in [0.717, 1.165) is 11.1 Å². The van der Waals surface area contributed by atoms with Crippen molar-refractivity contribution < 1.29 is 4.42 Å². The predicted molar refractivity (Wildman–Crippen MR) is 54.6 cm³/mol. The van der Waals surface area contributed by atoms with Gasteiger partial charge in [0.05, 0.1) is 0 Å². The van der Waals surface area contributed by atoms with E-state index >= 15 is 0 Å². The molecule has 2 aromatic rings. The van der Waals surface area contributed by atoms with Crippen LogP contribution in [0.2, 0.25) is 0 Å². The third kappa shape index (κ3) is 1.41. The fraction of sp³-hybridized carbons (Fsp3) is 0.125. The molecular weight excluding hydrogens is 286 g/mol. The average molecular weight is 291 g/mol. The molecule has 0 saturated carbocycles. The Labute approximate surface area is 86.2 Å². The van der Waals surface area contributed by atoms with Crippen molar-refractivity contribution in [1.29, 1.82) is 0 Å². The summed E-state index contributed by atoms with van der Waals surface area (Å²) in [5.74, 6) is 0.649. The molecule has 0 saturated heterocycles. The summed E-state index contributed by atoms with van der Waals surface area (Å²) in [5, 5.41) is 0. The van der Waals surface area contributed by atoms with E-state index in [2.05, 4.69) is 36.8 Å². The first-order chi connectivity index (χ1) is 5.77. The summed E-state index contributed by atoms with van der Waals surface area (Å²) in [6, 6.07) is 7.68. The van der Waals surface area contributed by atoms with Crippen LogP contribution in [0.15, 0.2) is 28.7 Å². The van der Waals surface area contributed by atoms with E-state index in [-0.39, 0.29) is 3.74 Å². The van der Waals surface area contributed by atoms with E-state index in [1.54, 1.807) is 0 Å². The largest absolute Gasteiger partial charge is 0.439 e. The van der Waals surface area contributed by atoms with Crippen LogP contribution in [-0.2, 0) is 0 Å². The number of hydrogen-bond acceptors (Lipinski definition) is 2. The normalized spacial score (nSPS) is 11.2. The predicted octanol–water partition coefficient (Wildman–Crippen LogP) is 3.62. The summed E-state index contributed by atoms with van der Waals surface area (Å²) in [4.78, 5) is 4.25. The van der Waals surface area contributed by atoms with Gasteiger partial charge in [-0.15, -0.1) is 0 Å². The van der Waals surface area contributed by atoms with Gasteiger partial charge >= 0.3 is 0 Å². The van der Waals surface area contributed by atoms with E-state index < -0.39 is 0 Å². The second-order valence-electron chi connectivity index (χ2n) is 2.32. The van der Waals surface area contributed by atoms with Gasteiger partial charge in [-0.05, 0) is 12.1 Å². The Bertz CT molecular complexity index is 364.